The number of rotatable bonds is 1. The van der Waals surface area contributed by atoms with Gasteiger partial charge in [-0.2, -0.15) is 0 Å². The van der Waals surface area contributed by atoms with Crippen molar-refractivity contribution >= 4 is 53.4 Å². The fourth-order valence-corrected chi connectivity index (χ4v) is 4.96. The van der Waals surface area contributed by atoms with Crippen molar-refractivity contribution in [3.63, 3.8) is 0 Å². The van der Waals surface area contributed by atoms with Gasteiger partial charge in [0.1, 0.15) is 10.6 Å². The van der Waals surface area contributed by atoms with E-state index >= 15 is 0 Å². The lowest BCUT2D eigenvalue weighted by atomic mass is 10.2. The Morgan fingerprint density at radius 3 is 1.92 bits per heavy atom. The molecule has 0 aliphatic heterocycles. The fraction of sp³-hybridized carbons (Fsp3) is 0. The first kappa shape index (κ1) is 14.0. The SMILES string of the molecule is c1ccc2c(c1)sc1nc(-n3c4ccccc4c4ccccc43)ccc12. The van der Waals surface area contributed by atoms with E-state index in [9.17, 15) is 0 Å². The van der Waals surface area contributed by atoms with Crippen molar-refractivity contribution < 1.29 is 0 Å². The molecule has 3 aromatic carbocycles. The largest absolute Gasteiger partial charge is 0.294 e. The Kier molecular flexibility index (Phi) is 2.79. The maximum absolute atomic E-state index is 5.04. The topological polar surface area (TPSA) is 17.8 Å². The molecule has 3 heterocycles. The zero-order valence-corrected chi connectivity index (χ0v) is 14.7. The molecule has 6 aromatic rings. The fourth-order valence-electron chi connectivity index (χ4n) is 3.89. The van der Waals surface area contributed by atoms with Crippen LogP contribution in [0.3, 0.4) is 0 Å². The molecule has 122 valence electrons. The van der Waals surface area contributed by atoms with Crippen LogP contribution in [0.5, 0.6) is 0 Å². The third kappa shape index (κ3) is 1.83. The smallest absolute Gasteiger partial charge is 0.139 e. The Labute approximate surface area is 153 Å². The number of para-hydroxylation sites is 2. The average Bonchev–Trinajstić information content (AvgIpc) is 3.23. The van der Waals surface area contributed by atoms with Crippen molar-refractivity contribution in [2.24, 2.45) is 0 Å². The van der Waals surface area contributed by atoms with E-state index < -0.39 is 0 Å². The second kappa shape index (κ2) is 5.16. The molecule has 6 rings (SSSR count). The maximum Gasteiger partial charge on any atom is 0.139 e. The Balaban J connectivity index is 1.73. The Hall–Kier alpha value is -3.17. The monoisotopic (exact) mass is 350 g/mol. The molecule has 3 heteroatoms. The van der Waals surface area contributed by atoms with Crippen LogP contribution in [0, 0.1) is 0 Å². The number of aromatic nitrogens is 2. The lowest BCUT2D eigenvalue weighted by molar-refractivity contribution is 1.11. The van der Waals surface area contributed by atoms with Crippen molar-refractivity contribution in [1.82, 2.24) is 9.55 Å². The van der Waals surface area contributed by atoms with Crippen LogP contribution in [0.25, 0.3) is 47.9 Å². The highest BCUT2D eigenvalue weighted by molar-refractivity contribution is 7.25. The minimum Gasteiger partial charge on any atom is -0.294 e. The molecule has 0 spiro atoms. The van der Waals surface area contributed by atoms with Gasteiger partial charge in [-0.1, -0.05) is 54.6 Å². The number of hydrogen-bond acceptors (Lipinski definition) is 2. The first-order valence-electron chi connectivity index (χ1n) is 8.67. The minimum absolute atomic E-state index is 0.974. The zero-order valence-electron chi connectivity index (χ0n) is 13.9. The number of benzene rings is 3. The van der Waals surface area contributed by atoms with E-state index in [1.165, 1.54) is 37.3 Å². The summed E-state index contributed by atoms with van der Waals surface area (Å²) in [5.74, 6) is 0.974. The third-order valence-corrected chi connectivity index (χ3v) is 6.12. The van der Waals surface area contributed by atoms with Crippen molar-refractivity contribution in [2.45, 2.75) is 0 Å². The lowest BCUT2D eigenvalue weighted by Crippen LogP contribution is -1.96. The molecule has 0 N–H and O–H groups in total. The van der Waals surface area contributed by atoms with Crippen LogP contribution in [0.4, 0.5) is 0 Å². The molecule has 0 bridgehead atoms. The van der Waals surface area contributed by atoms with E-state index in [-0.39, 0.29) is 0 Å². The second-order valence-electron chi connectivity index (χ2n) is 6.49. The quantitative estimate of drug-likeness (QED) is 0.329. The van der Waals surface area contributed by atoms with Gasteiger partial charge in [0.2, 0.25) is 0 Å². The number of nitrogens with zero attached hydrogens (tertiary/aromatic N) is 2. The molecular formula is C23H14N2S. The summed E-state index contributed by atoms with van der Waals surface area (Å²) < 4.78 is 3.56. The summed E-state index contributed by atoms with van der Waals surface area (Å²) >= 11 is 1.76. The molecule has 0 fully saturated rings. The van der Waals surface area contributed by atoms with Gasteiger partial charge in [0, 0.05) is 26.2 Å². The molecule has 3 aromatic heterocycles. The molecule has 0 amide bonds. The van der Waals surface area contributed by atoms with Crippen molar-refractivity contribution in [2.75, 3.05) is 0 Å². The highest BCUT2D eigenvalue weighted by Gasteiger charge is 2.13. The van der Waals surface area contributed by atoms with Crippen LogP contribution < -0.4 is 0 Å². The normalized spacial score (nSPS) is 11.8. The molecule has 26 heavy (non-hydrogen) atoms. The van der Waals surface area contributed by atoms with E-state index in [1.54, 1.807) is 11.3 Å². The van der Waals surface area contributed by atoms with E-state index in [1.807, 2.05) is 0 Å². The average molecular weight is 350 g/mol. The predicted molar refractivity (Wildman–Crippen MR) is 111 cm³/mol. The van der Waals surface area contributed by atoms with Gasteiger partial charge in [-0.25, -0.2) is 4.98 Å². The van der Waals surface area contributed by atoms with Crippen LogP contribution in [0.2, 0.25) is 0 Å². The standard InChI is InChI=1S/C23H14N2S/c1-4-10-19-15(7-1)16-8-2-5-11-20(16)25(19)22-14-13-18-17-9-3-6-12-21(17)26-23(18)24-22/h1-14H. The van der Waals surface area contributed by atoms with E-state index in [2.05, 4.69) is 89.5 Å². The lowest BCUT2D eigenvalue weighted by Gasteiger charge is -2.06. The maximum atomic E-state index is 5.04. The van der Waals surface area contributed by atoms with Crippen molar-refractivity contribution in [3.05, 3.63) is 84.9 Å². The van der Waals surface area contributed by atoms with Crippen LogP contribution >= 0.6 is 11.3 Å². The molecule has 0 saturated heterocycles. The summed E-state index contributed by atoms with van der Waals surface area (Å²) in [6.45, 7) is 0. The molecule has 0 atom stereocenters. The molecule has 0 aliphatic rings. The van der Waals surface area contributed by atoms with Gasteiger partial charge in [-0.05, 0) is 30.3 Å². The highest BCUT2D eigenvalue weighted by atomic mass is 32.1. The summed E-state index contributed by atoms with van der Waals surface area (Å²) in [5.41, 5.74) is 2.39. The van der Waals surface area contributed by atoms with Crippen LogP contribution in [0.1, 0.15) is 0 Å². The molecule has 2 nitrogen and oxygen atoms in total. The van der Waals surface area contributed by atoms with Crippen molar-refractivity contribution in [3.8, 4) is 5.82 Å². The third-order valence-electron chi connectivity index (χ3n) is 5.04. The second-order valence-corrected chi connectivity index (χ2v) is 7.52. The highest BCUT2D eigenvalue weighted by Crippen LogP contribution is 2.35. The summed E-state index contributed by atoms with van der Waals surface area (Å²) in [6.07, 6.45) is 0. The zero-order chi connectivity index (χ0) is 17.1. The van der Waals surface area contributed by atoms with Crippen molar-refractivity contribution in [1.29, 1.82) is 0 Å². The summed E-state index contributed by atoms with van der Waals surface area (Å²) in [4.78, 5) is 6.13. The summed E-state index contributed by atoms with van der Waals surface area (Å²) in [6, 6.07) is 30.0. The Bertz CT molecular complexity index is 1390. The first-order chi connectivity index (χ1) is 12.9. The molecule has 0 saturated carbocycles. The molecule has 0 aliphatic carbocycles. The number of hydrogen-bond donors (Lipinski definition) is 0. The van der Waals surface area contributed by atoms with Crippen LogP contribution in [0.15, 0.2) is 84.9 Å². The van der Waals surface area contributed by atoms with Gasteiger partial charge in [0.25, 0.3) is 0 Å². The Morgan fingerprint density at radius 1 is 0.577 bits per heavy atom. The molecule has 0 unspecified atom stereocenters. The van der Waals surface area contributed by atoms with Crippen LogP contribution in [-0.2, 0) is 0 Å². The van der Waals surface area contributed by atoms with E-state index in [0.29, 0.717) is 0 Å². The predicted octanol–water partition coefficient (Wildman–Crippen LogP) is 6.55. The van der Waals surface area contributed by atoms with Gasteiger partial charge >= 0.3 is 0 Å². The summed E-state index contributed by atoms with van der Waals surface area (Å²) in [7, 11) is 0. The molecule has 0 radical (unpaired) electrons. The van der Waals surface area contributed by atoms with Gasteiger partial charge < -0.3 is 0 Å². The number of thiophene rings is 1. The molecular weight excluding hydrogens is 336 g/mol. The van der Waals surface area contributed by atoms with Gasteiger partial charge in [-0.15, -0.1) is 11.3 Å². The number of pyridine rings is 1. The minimum atomic E-state index is 0.974. The van der Waals surface area contributed by atoms with Crippen LogP contribution in [-0.4, -0.2) is 9.55 Å². The Morgan fingerprint density at radius 2 is 1.19 bits per heavy atom. The van der Waals surface area contributed by atoms with Gasteiger partial charge in [0.15, 0.2) is 0 Å². The number of fused-ring (bicyclic) bond motifs is 6. The van der Waals surface area contributed by atoms with Gasteiger partial charge in [0.05, 0.1) is 11.0 Å². The van der Waals surface area contributed by atoms with E-state index in [4.69, 9.17) is 4.98 Å². The van der Waals surface area contributed by atoms with E-state index in [0.717, 1.165) is 10.6 Å². The van der Waals surface area contributed by atoms with Gasteiger partial charge in [-0.3, -0.25) is 4.57 Å². The summed E-state index contributed by atoms with van der Waals surface area (Å²) in [5, 5.41) is 5.05. The first-order valence-corrected chi connectivity index (χ1v) is 9.49.